The maximum Gasteiger partial charge on any atom is 0.416 e. The van der Waals surface area contributed by atoms with Gasteiger partial charge in [0.2, 0.25) is 5.91 Å². The monoisotopic (exact) mass is 1290 g/mol. The zero-order valence-electron chi connectivity index (χ0n) is 47.4. The number of esters is 1. The van der Waals surface area contributed by atoms with E-state index in [0.29, 0.717) is 77.1 Å². The molecule has 1 saturated carbocycles. The molecule has 4 aromatic carbocycles. The molecular formula is C60H62Cl5F3N4O12S. The standard InChI is InChI=1S/C19H17Cl2NO4.C15H22ClNO2.C15H12F3NO4S.C11H11Cl2NO2/c1-2-26-19(25)16(21)10-11-9-12(7-8-15(11)20)22-17(23)13-5-3-4-6-14(13)18(22)24;1-5-13-8-6-7-11(2)15(13)17(14(18)9-16)12(3)10-19-4;1-24(21,22)12-6-9(15(16,17)18)4-5-10(12)13(20)11-7-19-23-14(11)8-2-3-8;1-7-6-16-9-5-3-2-4-8(9)14(7)11(15)10(12)13/h7-10H,2-6H2,1H3;6-8,12H,5,9-10H2,1-4H3;4-8H,2-3H2,1H3;2-5,7,10H,6H2,1H3/b16-10-;;;. The van der Waals surface area contributed by atoms with E-state index in [0.717, 1.165) is 66.9 Å². The molecular weight excluding hydrogens is 1240 g/mol. The summed E-state index contributed by atoms with van der Waals surface area (Å²) in [5.41, 5.74) is 4.60. The van der Waals surface area contributed by atoms with Gasteiger partial charge in [-0.05, 0) is 144 Å². The van der Waals surface area contributed by atoms with Crippen LogP contribution in [0.25, 0.3) is 6.08 Å². The van der Waals surface area contributed by atoms with E-state index in [1.54, 1.807) is 42.0 Å². The molecule has 0 spiro atoms. The largest absolute Gasteiger partial charge is 0.489 e. The second kappa shape index (κ2) is 29.9. The summed E-state index contributed by atoms with van der Waals surface area (Å²) in [6, 6.07) is 20.1. The molecule has 456 valence electrons. The summed E-state index contributed by atoms with van der Waals surface area (Å²) in [6.07, 6.45) is 4.18. The van der Waals surface area contributed by atoms with Crippen LogP contribution in [0.4, 0.5) is 30.2 Å². The predicted octanol–water partition coefficient (Wildman–Crippen LogP) is 13.2. The number of para-hydroxylation sites is 3. The van der Waals surface area contributed by atoms with Crippen molar-refractivity contribution in [2.24, 2.45) is 0 Å². The molecule has 0 N–H and O–H groups in total. The average Bonchev–Trinajstić information content (AvgIpc) is 2.57. The molecule has 0 saturated heterocycles. The maximum atomic E-state index is 12.8. The van der Waals surface area contributed by atoms with E-state index < -0.39 is 43.1 Å². The number of ether oxygens (including phenoxy) is 3. The van der Waals surface area contributed by atoms with Crippen molar-refractivity contribution >= 4 is 126 Å². The minimum atomic E-state index is -4.71. The third-order valence-electron chi connectivity index (χ3n) is 13.8. The molecule has 2 unspecified atom stereocenters. The lowest BCUT2D eigenvalue weighted by Crippen LogP contribution is -2.47. The van der Waals surface area contributed by atoms with Gasteiger partial charge in [0.05, 0.1) is 64.6 Å². The highest BCUT2D eigenvalue weighted by molar-refractivity contribution is 7.90. The first-order valence-corrected chi connectivity index (χ1v) is 30.9. The van der Waals surface area contributed by atoms with Gasteiger partial charge in [0, 0.05) is 41.0 Å². The van der Waals surface area contributed by atoms with Crippen molar-refractivity contribution in [3.8, 4) is 5.75 Å². The Bertz CT molecular complexity index is 3470. The van der Waals surface area contributed by atoms with Gasteiger partial charge >= 0.3 is 12.1 Å². The molecule has 0 radical (unpaired) electrons. The Kier molecular flexibility index (Phi) is 23.9. The summed E-state index contributed by atoms with van der Waals surface area (Å²) in [6.45, 7) is 10.8. The maximum absolute atomic E-state index is 12.8. The lowest BCUT2D eigenvalue weighted by Gasteiger charge is -2.35. The van der Waals surface area contributed by atoms with Crippen LogP contribution in [0.15, 0.2) is 111 Å². The number of methoxy groups -OCH3 is 1. The van der Waals surface area contributed by atoms with Crippen LogP contribution < -0.4 is 19.4 Å². The van der Waals surface area contributed by atoms with Crippen LogP contribution in [0.2, 0.25) is 5.02 Å². The Morgan fingerprint density at radius 1 is 0.929 bits per heavy atom. The highest BCUT2D eigenvalue weighted by atomic mass is 35.5. The molecule has 0 bridgehead atoms. The lowest BCUT2D eigenvalue weighted by atomic mass is 9.93. The lowest BCUT2D eigenvalue weighted by molar-refractivity contribution is -0.138. The molecule has 1 fully saturated rings. The van der Waals surface area contributed by atoms with E-state index in [4.69, 9.17) is 76.7 Å². The number of aromatic nitrogens is 1. The number of sulfone groups is 1. The first-order valence-electron chi connectivity index (χ1n) is 26.8. The van der Waals surface area contributed by atoms with E-state index in [9.17, 15) is 50.4 Å². The van der Waals surface area contributed by atoms with E-state index >= 15 is 0 Å². The number of anilines is 3. The Morgan fingerprint density at radius 3 is 2.16 bits per heavy atom. The number of carbonyl (C=O) groups excluding carboxylic acids is 6. The number of aryl methyl sites for hydroxylation is 2. The molecule has 2 atom stereocenters. The number of benzene rings is 4. The van der Waals surface area contributed by atoms with Crippen molar-refractivity contribution in [3.05, 3.63) is 145 Å². The Hall–Kier alpha value is -6.26. The van der Waals surface area contributed by atoms with Crippen molar-refractivity contribution in [3.63, 3.8) is 0 Å². The van der Waals surface area contributed by atoms with Crippen LogP contribution in [0.3, 0.4) is 0 Å². The Labute approximate surface area is 516 Å². The predicted molar refractivity (Wildman–Crippen MR) is 321 cm³/mol. The number of carbonyl (C=O) groups is 6. The summed E-state index contributed by atoms with van der Waals surface area (Å²) in [4.78, 5) is 76.5. The van der Waals surface area contributed by atoms with Gasteiger partial charge in [-0.25, -0.2) is 18.1 Å². The number of alkyl halides is 6. The number of hydrogen-bond donors (Lipinski definition) is 0. The van der Waals surface area contributed by atoms with Crippen LogP contribution in [0.1, 0.15) is 116 Å². The Morgan fingerprint density at radius 2 is 1.59 bits per heavy atom. The van der Waals surface area contributed by atoms with Gasteiger partial charge in [0.15, 0.2) is 26.2 Å². The summed E-state index contributed by atoms with van der Waals surface area (Å²) < 4.78 is 82.8. The molecule has 3 heterocycles. The van der Waals surface area contributed by atoms with Crippen molar-refractivity contribution in [1.29, 1.82) is 0 Å². The van der Waals surface area contributed by atoms with Gasteiger partial charge in [0.25, 0.3) is 17.7 Å². The molecule has 4 aliphatic rings. The summed E-state index contributed by atoms with van der Waals surface area (Å²) in [5.74, 6) is -1.29. The fraction of sp³-hybridized carbons (Fsp3) is 0.383. The zero-order valence-corrected chi connectivity index (χ0v) is 52.0. The number of ketones is 1. The fourth-order valence-electron chi connectivity index (χ4n) is 9.61. The SMILES string of the molecule is CC1COc2ccccc2N1C(=O)C(Cl)Cl.CCOC(=O)/C(Cl)=C/c1cc(N2C(=O)C3=C(CCCC3)C2=O)ccc1Cl.CCc1cccc(C)c1N(C(=O)CCl)C(C)COC.CS(=O)(=O)c1cc(C(F)(F)F)ccc1C(=O)c1cnoc1C1CC1. The van der Waals surface area contributed by atoms with Gasteiger partial charge in [-0.15, -0.1) is 11.6 Å². The molecule has 5 aromatic rings. The van der Waals surface area contributed by atoms with Crippen LogP contribution >= 0.6 is 58.0 Å². The van der Waals surface area contributed by atoms with Gasteiger partial charge in [-0.1, -0.05) is 88.8 Å². The highest BCUT2D eigenvalue weighted by Crippen LogP contribution is 2.43. The van der Waals surface area contributed by atoms with Crippen molar-refractivity contribution in [2.45, 2.75) is 113 Å². The summed E-state index contributed by atoms with van der Waals surface area (Å²) in [7, 11) is -2.40. The van der Waals surface area contributed by atoms with E-state index in [1.807, 2.05) is 57.2 Å². The zero-order chi connectivity index (χ0) is 62.7. The first-order chi connectivity index (χ1) is 40.2. The average molecular weight is 1300 g/mol. The molecule has 4 amide bonds. The second-order valence-electron chi connectivity index (χ2n) is 20.0. The normalized spacial score (nSPS) is 16.1. The van der Waals surface area contributed by atoms with Crippen molar-refractivity contribution in [2.75, 3.05) is 53.8 Å². The smallest absolute Gasteiger partial charge is 0.416 e. The molecule has 9 rings (SSSR count). The first kappa shape index (κ1) is 67.9. The van der Waals surface area contributed by atoms with Gasteiger partial charge in [0.1, 0.15) is 23.3 Å². The van der Waals surface area contributed by atoms with Gasteiger partial charge in [-0.3, -0.25) is 24.0 Å². The minimum absolute atomic E-state index is 0.0223. The number of rotatable bonds is 15. The summed E-state index contributed by atoms with van der Waals surface area (Å²) in [5, 5.41) is 3.76. The molecule has 85 heavy (non-hydrogen) atoms. The quantitative estimate of drug-likeness (QED) is 0.0315. The van der Waals surface area contributed by atoms with E-state index in [2.05, 4.69) is 18.1 Å². The van der Waals surface area contributed by atoms with E-state index in [-0.39, 0.29) is 70.3 Å². The molecule has 16 nitrogen and oxygen atoms in total. The van der Waals surface area contributed by atoms with Crippen molar-refractivity contribution < 1.29 is 69.1 Å². The summed E-state index contributed by atoms with van der Waals surface area (Å²) >= 11 is 29.1. The van der Waals surface area contributed by atoms with Crippen molar-refractivity contribution in [1.82, 2.24) is 5.16 Å². The number of nitrogens with zero attached hydrogens (tertiary/aromatic N) is 4. The molecule has 2 aliphatic heterocycles. The fourth-order valence-corrected chi connectivity index (χ4v) is 11.2. The minimum Gasteiger partial charge on any atom is -0.489 e. The van der Waals surface area contributed by atoms with Crippen LogP contribution in [-0.4, -0.2) is 105 Å². The Balaban J connectivity index is 0.000000185. The number of halogens is 8. The van der Waals surface area contributed by atoms with Crippen LogP contribution in [0, 0.1) is 6.92 Å². The molecule has 1 aromatic heterocycles. The number of fused-ring (bicyclic) bond motifs is 1. The van der Waals surface area contributed by atoms with Crippen LogP contribution in [0.5, 0.6) is 5.75 Å². The van der Waals surface area contributed by atoms with Gasteiger partial charge in [-0.2, -0.15) is 13.2 Å². The molecule has 2 aliphatic carbocycles. The second-order valence-corrected chi connectivity index (χ2v) is 24.2. The number of imide groups is 1. The van der Waals surface area contributed by atoms with Crippen LogP contribution in [-0.2, 0) is 55.9 Å². The highest BCUT2D eigenvalue weighted by Gasteiger charge is 2.41. The third kappa shape index (κ3) is 16.6. The molecule has 25 heteroatoms. The van der Waals surface area contributed by atoms with E-state index in [1.165, 1.54) is 17.2 Å². The third-order valence-corrected chi connectivity index (χ3v) is 16.1. The number of hydrogen-bond acceptors (Lipinski definition) is 13. The topological polar surface area (TPSA) is 200 Å². The van der Waals surface area contributed by atoms with Gasteiger partial charge < -0.3 is 28.5 Å². The number of amides is 4.